The lowest BCUT2D eigenvalue weighted by atomic mass is 10.0. The minimum absolute atomic E-state index is 0.0593. The Labute approximate surface area is 117 Å². The molecule has 0 radical (unpaired) electrons. The predicted molar refractivity (Wildman–Crippen MR) is 79.0 cm³/mol. The molecule has 4 nitrogen and oxygen atoms in total. The Bertz CT molecular complexity index is 602. The first-order valence-electron chi connectivity index (χ1n) is 6.68. The van der Waals surface area contributed by atoms with Crippen LogP contribution >= 0.6 is 11.3 Å². The maximum absolute atomic E-state index is 5.81. The summed E-state index contributed by atoms with van der Waals surface area (Å²) in [6.45, 7) is 8.10. The molecule has 1 fully saturated rings. The number of nitrogens with one attached hydrogen (secondary N) is 1. The molecule has 1 atom stereocenters. The van der Waals surface area contributed by atoms with Crippen molar-refractivity contribution in [2.75, 3.05) is 18.5 Å². The van der Waals surface area contributed by atoms with Gasteiger partial charge in [0, 0.05) is 18.0 Å². The molecule has 0 spiro atoms. The summed E-state index contributed by atoms with van der Waals surface area (Å²) in [7, 11) is 0. The van der Waals surface area contributed by atoms with E-state index in [4.69, 9.17) is 4.74 Å². The van der Waals surface area contributed by atoms with Crippen molar-refractivity contribution in [2.45, 2.75) is 39.2 Å². The number of aryl methyl sites for hydroxylation is 2. The van der Waals surface area contributed by atoms with Crippen LogP contribution in [0.3, 0.4) is 0 Å². The van der Waals surface area contributed by atoms with Crippen LogP contribution in [0.1, 0.15) is 30.2 Å². The SMILES string of the molecule is Cc1sc2ncnc(NCC3(C)CCCO3)c2c1C. The number of hydrogen-bond donors (Lipinski definition) is 1. The molecular weight excluding hydrogens is 258 g/mol. The van der Waals surface area contributed by atoms with Gasteiger partial charge in [-0.2, -0.15) is 0 Å². The Morgan fingerprint density at radius 3 is 3.00 bits per heavy atom. The highest BCUT2D eigenvalue weighted by Crippen LogP contribution is 2.33. The first kappa shape index (κ1) is 12.8. The Morgan fingerprint density at radius 2 is 2.26 bits per heavy atom. The molecule has 3 rings (SSSR count). The van der Waals surface area contributed by atoms with Crippen LogP contribution in [-0.2, 0) is 4.74 Å². The molecule has 2 aromatic rings. The van der Waals surface area contributed by atoms with Gasteiger partial charge in [-0.3, -0.25) is 0 Å². The lowest BCUT2D eigenvalue weighted by Crippen LogP contribution is -2.32. The number of nitrogens with zero attached hydrogens (tertiary/aromatic N) is 2. The summed E-state index contributed by atoms with van der Waals surface area (Å²) in [6, 6.07) is 0. The van der Waals surface area contributed by atoms with Gasteiger partial charge in [0.05, 0.1) is 11.0 Å². The van der Waals surface area contributed by atoms with Crippen LogP contribution in [0.15, 0.2) is 6.33 Å². The minimum Gasteiger partial charge on any atom is -0.373 e. The molecule has 102 valence electrons. The van der Waals surface area contributed by atoms with Gasteiger partial charge in [0.15, 0.2) is 0 Å². The number of anilines is 1. The molecule has 1 unspecified atom stereocenters. The van der Waals surface area contributed by atoms with Gasteiger partial charge in [0.1, 0.15) is 17.0 Å². The van der Waals surface area contributed by atoms with Gasteiger partial charge in [-0.05, 0) is 39.2 Å². The summed E-state index contributed by atoms with van der Waals surface area (Å²) in [4.78, 5) is 11.1. The third kappa shape index (κ3) is 2.32. The molecule has 0 amide bonds. The molecule has 0 aliphatic carbocycles. The fourth-order valence-electron chi connectivity index (χ4n) is 2.56. The molecule has 1 aliphatic rings. The smallest absolute Gasteiger partial charge is 0.138 e. The largest absolute Gasteiger partial charge is 0.373 e. The average molecular weight is 277 g/mol. The summed E-state index contributed by atoms with van der Waals surface area (Å²) in [5.74, 6) is 0.934. The second kappa shape index (κ2) is 4.72. The fourth-order valence-corrected chi connectivity index (χ4v) is 3.56. The van der Waals surface area contributed by atoms with Crippen LogP contribution < -0.4 is 5.32 Å². The van der Waals surface area contributed by atoms with Crippen molar-refractivity contribution in [3.63, 3.8) is 0 Å². The van der Waals surface area contributed by atoms with Crippen molar-refractivity contribution in [3.05, 3.63) is 16.8 Å². The third-order valence-electron chi connectivity index (χ3n) is 3.90. The maximum atomic E-state index is 5.81. The van der Waals surface area contributed by atoms with Crippen molar-refractivity contribution in [1.82, 2.24) is 9.97 Å². The first-order valence-corrected chi connectivity index (χ1v) is 7.49. The van der Waals surface area contributed by atoms with Gasteiger partial charge in [-0.1, -0.05) is 0 Å². The van der Waals surface area contributed by atoms with E-state index in [1.807, 2.05) is 0 Å². The predicted octanol–water partition coefficient (Wildman–Crippen LogP) is 3.29. The van der Waals surface area contributed by atoms with Crippen LogP contribution in [0.25, 0.3) is 10.2 Å². The monoisotopic (exact) mass is 277 g/mol. The summed E-state index contributed by atoms with van der Waals surface area (Å²) in [6.07, 6.45) is 3.89. The highest BCUT2D eigenvalue weighted by Gasteiger charge is 2.29. The molecule has 0 bridgehead atoms. The van der Waals surface area contributed by atoms with Crippen molar-refractivity contribution < 1.29 is 4.74 Å². The number of rotatable bonds is 3. The first-order chi connectivity index (χ1) is 9.09. The van der Waals surface area contributed by atoms with Crippen LogP contribution in [0.5, 0.6) is 0 Å². The van der Waals surface area contributed by atoms with Crippen LogP contribution in [0.2, 0.25) is 0 Å². The van der Waals surface area contributed by atoms with Crippen LogP contribution in [-0.4, -0.2) is 28.7 Å². The molecule has 0 saturated carbocycles. The Kier molecular flexibility index (Phi) is 3.19. The average Bonchev–Trinajstić information content (AvgIpc) is 2.94. The third-order valence-corrected chi connectivity index (χ3v) is 5.01. The van der Waals surface area contributed by atoms with Gasteiger partial charge in [-0.15, -0.1) is 11.3 Å². The summed E-state index contributed by atoms with van der Waals surface area (Å²) in [5, 5.41) is 4.61. The number of hydrogen-bond acceptors (Lipinski definition) is 5. The highest BCUT2D eigenvalue weighted by molar-refractivity contribution is 7.18. The summed E-state index contributed by atoms with van der Waals surface area (Å²) >= 11 is 1.73. The van der Waals surface area contributed by atoms with Crippen molar-refractivity contribution >= 4 is 27.4 Å². The zero-order chi connectivity index (χ0) is 13.5. The Balaban J connectivity index is 1.88. The lowest BCUT2D eigenvalue weighted by molar-refractivity contribution is 0.0315. The molecule has 19 heavy (non-hydrogen) atoms. The standard InChI is InChI=1S/C14H19N3OS/c1-9-10(2)19-13-11(9)12(16-8-17-13)15-7-14(3)5-4-6-18-14/h8H,4-7H2,1-3H3,(H,15,16,17). The van der Waals surface area contributed by atoms with E-state index in [1.54, 1.807) is 17.7 Å². The van der Waals surface area contributed by atoms with E-state index < -0.39 is 0 Å². The fraction of sp³-hybridized carbons (Fsp3) is 0.571. The lowest BCUT2D eigenvalue weighted by Gasteiger charge is -2.23. The zero-order valence-electron chi connectivity index (χ0n) is 11.6. The van der Waals surface area contributed by atoms with Gasteiger partial charge >= 0.3 is 0 Å². The molecule has 3 heterocycles. The van der Waals surface area contributed by atoms with E-state index >= 15 is 0 Å². The minimum atomic E-state index is -0.0593. The van der Waals surface area contributed by atoms with Crippen molar-refractivity contribution in [2.24, 2.45) is 0 Å². The Hall–Kier alpha value is -1.20. The molecule has 2 aromatic heterocycles. The molecular formula is C14H19N3OS. The van der Waals surface area contributed by atoms with Crippen LogP contribution in [0.4, 0.5) is 5.82 Å². The molecule has 0 aromatic carbocycles. The van der Waals surface area contributed by atoms with E-state index in [1.165, 1.54) is 10.4 Å². The molecule has 5 heteroatoms. The van der Waals surface area contributed by atoms with E-state index in [-0.39, 0.29) is 5.60 Å². The van der Waals surface area contributed by atoms with Gasteiger partial charge in [-0.25, -0.2) is 9.97 Å². The molecule has 1 aliphatic heterocycles. The number of thiophene rings is 1. The number of ether oxygens (including phenoxy) is 1. The Morgan fingerprint density at radius 1 is 1.42 bits per heavy atom. The second-order valence-corrected chi connectivity index (χ2v) is 6.64. The van der Waals surface area contributed by atoms with Gasteiger partial charge < -0.3 is 10.1 Å². The molecule has 1 N–H and O–H groups in total. The molecule has 1 saturated heterocycles. The van der Waals surface area contributed by atoms with Crippen molar-refractivity contribution in [3.8, 4) is 0 Å². The quantitative estimate of drug-likeness (QED) is 0.935. The normalized spacial score (nSPS) is 23.1. The van der Waals surface area contributed by atoms with E-state index in [9.17, 15) is 0 Å². The van der Waals surface area contributed by atoms with Crippen LogP contribution in [0, 0.1) is 13.8 Å². The maximum Gasteiger partial charge on any atom is 0.138 e. The van der Waals surface area contributed by atoms with E-state index in [0.717, 1.165) is 42.0 Å². The van der Waals surface area contributed by atoms with E-state index in [0.29, 0.717) is 0 Å². The summed E-state index contributed by atoms with van der Waals surface area (Å²) in [5.41, 5.74) is 1.22. The topological polar surface area (TPSA) is 47.0 Å². The highest BCUT2D eigenvalue weighted by atomic mass is 32.1. The second-order valence-electron chi connectivity index (χ2n) is 5.44. The number of aromatic nitrogens is 2. The summed E-state index contributed by atoms with van der Waals surface area (Å²) < 4.78 is 5.81. The number of fused-ring (bicyclic) bond motifs is 1. The van der Waals surface area contributed by atoms with Crippen molar-refractivity contribution in [1.29, 1.82) is 0 Å². The zero-order valence-corrected chi connectivity index (χ0v) is 12.4. The van der Waals surface area contributed by atoms with E-state index in [2.05, 4.69) is 36.1 Å². The van der Waals surface area contributed by atoms with Gasteiger partial charge in [0.25, 0.3) is 0 Å². The van der Waals surface area contributed by atoms with Gasteiger partial charge in [0.2, 0.25) is 0 Å².